The summed E-state index contributed by atoms with van der Waals surface area (Å²) in [6.07, 6.45) is 1.95. The molecule has 0 heterocycles. The van der Waals surface area contributed by atoms with Gasteiger partial charge < -0.3 is 10.1 Å². The highest BCUT2D eigenvalue weighted by Crippen LogP contribution is 2.15. The fourth-order valence-electron chi connectivity index (χ4n) is 2.05. The van der Waals surface area contributed by atoms with Crippen LogP contribution in [0.5, 0.6) is 0 Å². The normalized spacial score (nSPS) is 12.6. The number of carbonyl (C=O) groups is 2. The molecule has 0 aliphatic rings. The zero-order valence-electron chi connectivity index (χ0n) is 14.7. The van der Waals surface area contributed by atoms with Gasteiger partial charge in [0.25, 0.3) is 0 Å². The van der Waals surface area contributed by atoms with Crippen molar-refractivity contribution >= 4 is 17.3 Å². The summed E-state index contributed by atoms with van der Waals surface area (Å²) in [7, 11) is 0. The SMILES string of the molecule is C/C(=C/C(=O)[C@@H](C#N)C(=O)NCCCOC(C)C)c1ccc(F)cc1. The van der Waals surface area contributed by atoms with Crippen LogP contribution in [0.3, 0.4) is 0 Å². The third-order valence-corrected chi connectivity index (χ3v) is 3.41. The van der Waals surface area contributed by atoms with E-state index in [9.17, 15) is 14.0 Å². The highest BCUT2D eigenvalue weighted by Gasteiger charge is 2.24. The predicted molar refractivity (Wildman–Crippen MR) is 92.9 cm³/mol. The molecule has 0 aromatic heterocycles. The Morgan fingerprint density at radius 2 is 1.96 bits per heavy atom. The summed E-state index contributed by atoms with van der Waals surface area (Å²) in [6, 6.07) is 7.36. The van der Waals surface area contributed by atoms with Crippen molar-refractivity contribution in [3.8, 4) is 6.07 Å². The van der Waals surface area contributed by atoms with Crippen molar-refractivity contribution in [2.75, 3.05) is 13.2 Å². The molecule has 0 bridgehead atoms. The molecule has 0 aliphatic heterocycles. The summed E-state index contributed by atoms with van der Waals surface area (Å²) < 4.78 is 18.3. The third-order valence-electron chi connectivity index (χ3n) is 3.41. The van der Waals surface area contributed by atoms with Crippen LogP contribution in [0.2, 0.25) is 0 Å². The summed E-state index contributed by atoms with van der Waals surface area (Å²) in [4.78, 5) is 24.2. The fourth-order valence-corrected chi connectivity index (χ4v) is 2.05. The lowest BCUT2D eigenvalue weighted by atomic mass is 9.99. The number of halogens is 1. The van der Waals surface area contributed by atoms with Gasteiger partial charge in [0.2, 0.25) is 5.91 Å². The van der Waals surface area contributed by atoms with Gasteiger partial charge in [0.1, 0.15) is 5.82 Å². The largest absolute Gasteiger partial charge is 0.379 e. The first-order valence-corrected chi connectivity index (χ1v) is 8.12. The Balaban J connectivity index is 2.61. The Bertz CT molecular complexity index is 660. The number of nitrogens with one attached hydrogen (secondary N) is 1. The number of allylic oxidation sites excluding steroid dienone is 2. The molecule has 0 saturated carbocycles. The van der Waals surface area contributed by atoms with Crippen molar-refractivity contribution in [1.82, 2.24) is 5.32 Å². The van der Waals surface area contributed by atoms with Gasteiger partial charge in [-0.1, -0.05) is 12.1 Å². The van der Waals surface area contributed by atoms with Gasteiger partial charge in [-0.3, -0.25) is 9.59 Å². The highest BCUT2D eigenvalue weighted by molar-refractivity contribution is 6.11. The van der Waals surface area contributed by atoms with Gasteiger partial charge in [0.15, 0.2) is 11.7 Å². The minimum absolute atomic E-state index is 0.115. The smallest absolute Gasteiger partial charge is 0.245 e. The molecule has 134 valence electrons. The minimum atomic E-state index is -1.40. The molecule has 0 unspecified atom stereocenters. The number of hydrogen-bond donors (Lipinski definition) is 1. The van der Waals surface area contributed by atoms with Crippen molar-refractivity contribution in [3.63, 3.8) is 0 Å². The van der Waals surface area contributed by atoms with Crippen LogP contribution in [0.1, 0.15) is 32.8 Å². The topological polar surface area (TPSA) is 79.2 Å². The van der Waals surface area contributed by atoms with Gasteiger partial charge in [0, 0.05) is 13.2 Å². The average Bonchev–Trinajstić information content (AvgIpc) is 2.55. The molecular formula is C19H23FN2O3. The minimum Gasteiger partial charge on any atom is -0.379 e. The van der Waals surface area contributed by atoms with E-state index in [0.717, 1.165) is 0 Å². The highest BCUT2D eigenvalue weighted by atomic mass is 19.1. The first-order valence-electron chi connectivity index (χ1n) is 8.12. The van der Waals surface area contributed by atoms with Crippen LogP contribution in [-0.2, 0) is 14.3 Å². The van der Waals surface area contributed by atoms with Crippen LogP contribution in [0, 0.1) is 23.1 Å². The van der Waals surface area contributed by atoms with E-state index in [1.165, 1.54) is 30.3 Å². The number of carbonyl (C=O) groups excluding carboxylic acids is 2. The van der Waals surface area contributed by atoms with E-state index in [-0.39, 0.29) is 11.9 Å². The quantitative estimate of drug-likeness (QED) is 0.424. The number of ketones is 1. The molecular weight excluding hydrogens is 323 g/mol. The van der Waals surface area contributed by atoms with Crippen molar-refractivity contribution < 1.29 is 18.7 Å². The van der Waals surface area contributed by atoms with E-state index < -0.39 is 17.6 Å². The Morgan fingerprint density at radius 3 is 2.52 bits per heavy atom. The van der Waals surface area contributed by atoms with E-state index in [1.807, 2.05) is 13.8 Å². The van der Waals surface area contributed by atoms with Crippen LogP contribution in [0.15, 0.2) is 30.3 Å². The van der Waals surface area contributed by atoms with Crippen LogP contribution >= 0.6 is 0 Å². The summed E-state index contributed by atoms with van der Waals surface area (Å²) in [5, 5.41) is 11.7. The molecule has 5 nitrogen and oxygen atoms in total. The monoisotopic (exact) mass is 346 g/mol. The Hall–Kier alpha value is -2.52. The standard InChI is InChI=1S/C19H23FN2O3/c1-13(2)25-10-4-9-22-19(24)17(12-21)18(23)11-14(3)15-5-7-16(20)8-6-15/h5-8,11,13,17H,4,9-10H2,1-3H3,(H,22,24)/b14-11-/t17-/m1/s1. The molecule has 1 aromatic carbocycles. The van der Waals surface area contributed by atoms with E-state index in [0.29, 0.717) is 30.7 Å². The molecule has 0 aliphatic carbocycles. The molecule has 0 saturated heterocycles. The second kappa shape index (κ2) is 10.4. The first-order chi connectivity index (χ1) is 11.8. The Labute approximate surface area is 147 Å². The maximum absolute atomic E-state index is 12.9. The van der Waals surface area contributed by atoms with Gasteiger partial charge in [-0.05, 0) is 56.5 Å². The summed E-state index contributed by atoms with van der Waals surface area (Å²) >= 11 is 0. The molecule has 0 spiro atoms. The van der Waals surface area contributed by atoms with E-state index in [1.54, 1.807) is 13.0 Å². The number of nitriles is 1. The molecule has 0 radical (unpaired) electrons. The second-order valence-electron chi connectivity index (χ2n) is 5.86. The predicted octanol–water partition coefficient (Wildman–Crippen LogP) is 2.87. The van der Waals surface area contributed by atoms with Crippen LogP contribution in [-0.4, -0.2) is 30.9 Å². The van der Waals surface area contributed by atoms with Crippen molar-refractivity contribution in [2.45, 2.75) is 33.3 Å². The van der Waals surface area contributed by atoms with Gasteiger partial charge >= 0.3 is 0 Å². The molecule has 6 heteroatoms. The maximum atomic E-state index is 12.9. The number of rotatable bonds is 9. The maximum Gasteiger partial charge on any atom is 0.245 e. The second-order valence-corrected chi connectivity index (χ2v) is 5.86. The lowest BCUT2D eigenvalue weighted by Gasteiger charge is -2.10. The average molecular weight is 346 g/mol. The molecule has 0 fully saturated rings. The van der Waals surface area contributed by atoms with Gasteiger partial charge in [-0.2, -0.15) is 5.26 Å². The third kappa shape index (κ3) is 7.27. The Kier molecular flexibility index (Phi) is 8.51. The first kappa shape index (κ1) is 20.5. The number of amides is 1. The number of hydrogen-bond acceptors (Lipinski definition) is 4. The summed E-state index contributed by atoms with van der Waals surface area (Å²) in [5.74, 6) is -3.00. The van der Waals surface area contributed by atoms with Crippen molar-refractivity contribution in [1.29, 1.82) is 5.26 Å². The van der Waals surface area contributed by atoms with E-state index >= 15 is 0 Å². The zero-order chi connectivity index (χ0) is 18.8. The molecule has 1 aromatic rings. The molecule has 1 N–H and O–H groups in total. The summed E-state index contributed by atoms with van der Waals surface area (Å²) in [6.45, 7) is 6.32. The van der Waals surface area contributed by atoms with Crippen LogP contribution < -0.4 is 5.32 Å². The summed E-state index contributed by atoms with van der Waals surface area (Å²) in [5.41, 5.74) is 1.21. The number of nitrogens with zero attached hydrogens (tertiary/aromatic N) is 1. The number of benzene rings is 1. The molecule has 25 heavy (non-hydrogen) atoms. The lowest BCUT2D eigenvalue weighted by Crippen LogP contribution is -2.35. The zero-order valence-corrected chi connectivity index (χ0v) is 14.7. The van der Waals surface area contributed by atoms with Crippen LogP contribution in [0.25, 0.3) is 5.57 Å². The Morgan fingerprint density at radius 1 is 1.32 bits per heavy atom. The molecule has 1 atom stereocenters. The van der Waals surface area contributed by atoms with Gasteiger partial charge in [-0.15, -0.1) is 0 Å². The van der Waals surface area contributed by atoms with E-state index in [2.05, 4.69) is 5.32 Å². The number of ether oxygens (including phenoxy) is 1. The lowest BCUT2D eigenvalue weighted by molar-refractivity contribution is -0.129. The van der Waals surface area contributed by atoms with Crippen LogP contribution in [0.4, 0.5) is 4.39 Å². The van der Waals surface area contributed by atoms with Gasteiger partial charge in [0.05, 0.1) is 12.2 Å². The molecule has 1 rings (SSSR count). The molecule has 1 amide bonds. The van der Waals surface area contributed by atoms with Crippen molar-refractivity contribution in [2.24, 2.45) is 5.92 Å². The van der Waals surface area contributed by atoms with E-state index in [4.69, 9.17) is 10.00 Å². The van der Waals surface area contributed by atoms with Crippen molar-refractivity contribution in [3.05, 3.63) is 41.7 Å². The fraction of sp³-hybridized carbons (Fsp3) is 0.421. The van der Waals surface area contributed by atoms with Gasteiger partial charge in [-0.25, -0.2) is 4.39 Å².